The number of hydrogen-bond acceptors (Lipinski definition) is 2. The molecule has 2 heteroatoms. The van der Waals surface area contributed by atoms with Crippen LogP contribution >= 0.6 is 0 Å². The lowest BCUT2D eigenvalue weighted by Gasteiger charge is -2.43. The minimum atomic E-state index is 0.369. The number of hydrogen-bond donors (Lipinski definition) is 1. The lowest BCUT2D eigenvalue weighted by molar-refractivity contribution is 0.155. The number of ether oxygens (including phenoxy) is 1. The van der Waals surface area contributed by atoms with Gasteiger partial charge in [0.15, 0.2) is 0 Å². The molecular weight excluding hydrogens is 234 g/mol. The quantitative estimate of drug-likeness (QED) is 0.872. The molecule has 0 amide bonds. The Kier molecular flexibility index (Phi) is 2.81. The van der Waals surface area contributed by atoms with Crippen molar-refractivity contribution >= 4 is 5.69 Å². The first-order valence-corrected chi connectivity index (χ1v) is 7.37. The topological polar surface area (TPSA) is 21.3 Å². The summed E-state index contributed by atoms with van der Waals surface area (Å²) in [5.41, 5.74) is 1.94. The van der Waals surface area contributed by atoms with E-state index in [1.165, 1.54) is 19.3 Å². The second kappa shape index (κ2) is 4.16. The van der Waals surface area contributed by atoms with Crippen LogP contribution in [0.4, 0.5) is 5.69 Å². The third-order valence-electron chi connectivity index (χ3n) is 5.68. The first kappa shape index (κ1) is 12.8. The van der Waals surface area contributed by atoms with Gasteiger partial charge < -0.3 is 10.1 Å². The maximum atomic E-state index is 5.47. The number of fused-ring (bicyclic) bond motifs is 2. The Balaban J connectivity index is 1.90. The average Bonchev–Trinajstić information content (AvgIpc) is 2.86. The lowest BCUT2D eigenvalue weighted by Crippen LogP contribution is -2.45. The molecule has 2 fully saturated rings. The van der Waals surface area contributed by atoms with Crippen LogP contribution in [-0.4, -0.2) is 13.2 Å². The highest BCUT2D eigenvalue weighted by atomic mass is 16.5. The van der Waals surface area contributed by atoms with Gasteiger partial charge in [-0.05, 0) is 48.1 Å². The largest absolute Gasteiger partial charge is 0.495 e. The maximum absolute atomic E-state index is 5.47. The standard InChI is InChI=1S/C17H25NO/c1-16(2)12-9-10-17(3,11-12)15(16)18-13-7-5-6-8-14(13)19-4/h5-8,12,15,18H,9-11H2,1-4H3. The van der Waals surface area contributed by atoms with Crippen LogP contribution in [0.3, 0.4) is 0 Å². The monoisotopic (exact) mass is 259 g/mol. The highest BCUT2D eigenvalue weighted by Gasteiger charge is 2.59. The van der Waals surface area contributed by atoms with E-state index in [2.05, 4.69) is 38.2 Å². The summed E-state index contributed by atoms with van der Waals surface area (Å²) in [5.74, 6) is 1.81. The van der Waals surface area contributed by atoms with Crippen LogP contribution in [0.1, 0.15) is 40.0 Å². The Labute approximate surface area is 116 Å². The minimum absolute atomic E-state index is 0.369. The van der Waals surface area contributed by atoms with Crippen LogP contribution in [-0.2, 0) is 0 Å². The van der Waals surface area contributed by atoms with Gasteiger partial charge in [-0.3, -0.25) is 0 Å². The van der Waals surface area contributed by atoms with Gasteiger partial charge in [-0.25, -0.2) is 0 Å². The summed E-state index contributed by atoms with van der Waals surface area (Å²) in [6, 6.07) is 8.80. The Morgan fingerprint density at radius 3 is 2.58 bits per heavy atom. The molecule has 0 aliphatic heterocycles. The number of benzene rings is 1. The second-order valence-electron chi connectivity index (χ2n) is 7.19. The van der Waals surface area contributed by atoms with Crippen molar-refractivity contribution in [3.8, 4) is 5.75 Å². The van der Waals surface area contributed by atoms with Crippen LogP contribution in [0.15, 0.2) is 24.3 Å². The van der Waals surface area contributed by atoms with Gasteiger partial charge in [0.05, 0.1) is 12.8 Å². The molecule has 2 bridgehead atoms. The van der Waals surface area contributed by atoms with Gasteiger partial charge in [0.1, 0.15) is 5.75 Å². The summed E-state index contributed by atoms with van der Waals surface area (Å²) in [4.78, 5) is 0. The van der Waals surface area contributed by atoms with Gasteiger partial charge in [-0.2, -0.15) is 0 Å². The molecule has 0 aromatic heterocycles. The fraction of sp³-hybridized carbons (Fsp3) is 0.647. The van der Waals surface area contributed by atoms with Gasteiger partial charge in [0.2, 0.25) is 0 Å². The van der Waals surface area contributed by atoms with Crippen LogP contribution in [0.5, 0.6) is 5.75 Å². The Bertz CT molecular complexity index is 477. The van der Waals surface area contributed by atoms with Gasteiger partial charge in [-0.15, -0.1) is 0 Å². The van der Waals surface area contributed by atoms with Crippen molar-refractivity contribution in [2.45, 2.75) is 46.1 Å². The summed E-state index contributed by atoms with van der Waals surface area (Å²) in [6.45, 7) is 7.30. The first-order chi connectivity index (χ1) is 8.97. The van der Waals surface area contributed by atoms with Gasteiger partial charge >= 0.3 is 0 Å². The molecule has 1 aromatic rings. The van der Waals surface area contributed by atoms with Crippen molar-refractivity contribution in [3.05, 3.63) is 24.3 Å². The fourth-order valence-electron chi connectivity index (χ4n) is 4.58. The number of anilines is 1. The van der Waals surface area contributed by atoms with E-state index in [1.807, 2.05) is 12.1 Å². The van der Waals surface area contributed by atoms with Gasteiger partial charge in [0.25, 0.3) is 0 Å². The van der Waals surface area contributed by atoms with E-state index in [0.717, 1.165) is 17.4 Å². The Hall–Kier alpha value is -1.18. The molecule has 0 heterocycles. The van der Waals surface area contributed by atoms with Crippen molar-refractivity contribution in [1.29, 1.82) is 0 Å². The summed E-state index contributed by atoms with van der Waals surface area (Å²) in [7, 11) is 1.74. The van der Waals surface area contributed by atoms with E-state index >= 15 is 0 Å². The van der Waals surface area contributed by atoms with E-state index < -0.39 is 0 Å². The third kappa shape index (κ3) is 1.84. The van der Waals surface area contributed by atoms with Crippen molar-refractivity contribution in [2.24, 2.45) is 16.7 Å². The zero-order valence-electron chi connectivity index (χ0n) is 12.5. The molecule has 3 atom stereocenters. The molecule has 0 radical (unpaired) electrons. The van der Waals surface area contributed by atoms with Crippen molar-refractivity contribution < 1.29 is 4.74 Å². The summed E-state index contributed by atoms with van der Waals surface area (Å²) in [5, 5.41) is 3.80. The molecule has 2 aliphatic carbocycles. The third-order valence-corrected chi connectivity index (χ3v) is 5.68. The SMILES string of the molecule is COc1ccccc1NC1C2(C)CCC(C2)C1(C)C. The highest BCUT2D eigenvalue weighted by Crippen LogP contribution is 2.63. The van der Waals surface area contributed by atoms with E-state index in [1.54, 1.807) is 7.11 Å². The van der Waals surface area contributed by atoms with E-state index in [9.17, 15) is 0 Å². The van der Waals surface area contributed by atoms with Crippen LogP contribution in [0.25, 0.3) is 0 Å². The molecule has 1 aromatic carbocycles. The minimum Gasteiger partial charge on any atom is -0.495 e. The molecule has 19 heavy (non-hydrogen) atoms. The predicted octanol–water partition coefficient (Wildman–Crippen LogP) is 4.32. The van der Waals surface area contributed by atoms with Crippen molar-refractivity contribution in [2.75, 3.05) is 12.4 Å². The zero-order chi connectivity index (χ0) is 13.7. The second-order valence-corrected chi connectivity index (χ2v) is 7.19. The molecule has 2 aliphatic rings. The molecule has 3 rings (SSSR count). The van der Waals surface area contributed by atoms with E-state index in [0.29, 0.717) is 16.9 Å². The molecule has 2 nitrogen and oxygen atoms in total. The summed E-state index contributed by atoms with van der Waals surface area (Å²) < 4.78 is 5.47. The summed E-state index contributed by atoms with van der Waals surface area (Å²) in [6.07, 6.45) is 4.12. The smallest absolute Gasteiger partial charge is 0.141 e. The van der Waals surface area contributed by atoms with Gasteiger partial charge in [0, 0.05) is 6.04 Å². The molecule has 104 valence electrons. The van der Waals surface area contributed by atoms with E-state index in [4.69, 9.17) is 4.74 Å². The Morgan fingerprint density at radius 2 is 1.95 bits per heavy atom. The predicted molar refractivity (Wildman–Crippen MR) is 79.6 cm³/mol. The van der Waals surface area contributed by atoms with Crippen molar-refractivity contribution in [3.63, 3.8) is 0 Å². The van der Waals surface area contributed by atoms with Crippen LogP contribution in [0, 0.1) is 16.7 Å². The normalized spacial score (nSPS) is 35.4. The number of rotatable bonds is 3. The van der Waals surface area contributed by atoms with Crippen LogP contribution < -0.4 is 10.1 Å². The zero-order valence-corrected chi connectivity index (χ0v) is 12.5. The first-order valence-electron chi connectivity index (χ1n) is 7.37. The molecule has 2 saturated carbocycles. The van der Waals surface area contributed by atoms with Gasteiger partial charge in [-0.1, -0.05) is 32.9 Å². The molecule has 1 N–H and O–H groups in total. The molecule has 3 unspecified atom stereocenters. The molecule has 0 spiro atoms. The molecule has 0 saturated heterocycles. The summed E-state index contributed by atoms with van der Waals surface area (Å²) >= 11 is 0. The maximum Gasteiger partial charge on any atom is 0.141 e. The van der Waals surface area contributed by atoms with Crippen LogP contribution in [0.2, 0.25) is 0 Å². The highest BCUT2D eigenvalue weighted by molar-refractivity contribution is 5.57. The number of methoxy groups -OCH3 is 1. The average molecular weight is 259 g/mol. The fourth-order valence-corrected chi connectivity index (χ4v) is 4.58. The van der Waals surface area contributed by atoms with Crippen molar-refractivity contribution in [1.82, 2.24) is 0 Å². The van der Waals surface area contributed by atoms with E-state index in [-0.39, 0.29) is 0 Å². The molecular formula is C17H25NO. The Morgan fingerprint density at radius 1 is 1.21 bits per heavy atom. The lowest BCUT2D eigenvalue weighted by atomic mass is 9.68. The number of para-hydroxylation sites is 2. The number of nitrogens with one attached hydrogen (secondary N) is 1.